The Morgan fingerprint density at radius 3 is 2.42 bits per heavy atom. The van der Waals surface area contributed by atoms with Crippen molar-refractivity contribution in [3.8, 4) is 0 Å². The molecule has 3 N–H and O–H groups in total. The third-order valence-corrected chi connectivity index (χ3v) is 2.22. The van der Waals surface area contributed by atoms with Crippen LogP contribution in [-0.2, 0) is 4.74 Å². The molecule has 1 fully saturated rings. The van der Waals surface area contributed by atoms with Crippen molar-refractivity contribution in [3.63, 3.8) is 0 Å². The highest BCUT2D eigenvalue weighted by molar-refractivity contribution is 4.72. The van der Waals surface area contributed by atoms with E-state index in [1.807, 2.05) is 0 Å². The van der Waals surface area contributed by atoms with Crippen molar-refractivity contribution in [2.45, 2.75) is 32.5 Å². The Labute approximate surface area is 74.9 Å². The van der Waals surface area contributed by atoms with Crippen LogP contribution in [0.2, 0.25) is 0 Å². The predicted molar refractivity (Wildman–Crippen MR) is 48.8 cm³/mol. The lowest BCUT2D eigenvalue weighted by Crippen LogP contribution is -2.52. The zero-order chi connectivity index (χ0) is 8.97. The van der Waals surface area contributed by atoms with Gasteiger partial charge in [0.05, 0.1) is 18.8 Å². The third-order valence-electron chi connectivity index (χ3n) is 2.22. The molecule has 0 radical (unpaired) electrons. The number of quaternary nitrogens is 1. The summed E-state index contributed by atoms with van der Waals surface area (Å²) in [5.41, 5.74) is 3.85. The second kappa shape index (κ2) is 4.80. The van der Waals surface area contributed by atoms with E-state index in [9.17, 15) is 0 Å². The maximum atomic E-state index is 5.64. The molecule has 0 aromatic rings. The number of hydrogen-bond donors (Lipinski definition) is 1. The molecule has 72 valence electrons. The van der Waals surface area contributed by atoms with Gasteiger partial charge in [-0.3, -0.25) is 4.90 Å². The summed E-state index contributed by atoms with van der Waals surface area (Å²) >= 11 is 0. The van der Waals surface area contributed by atoms with Crippen LogP contribution in [0.5, 0.6) is 0 Å². The van der Waals surface area contributed by atoms with Crippen molar-refractivity contribution in [2.75, 3.05) is 26.2 Å². The molecule has 0 aliphatic carbocycles. The van der Waals surface area contributed by atoms with Gasteiger partial charge in [-0.1, -0.05) is 0 Å². The fourth-order valence-electron chi connectivity index (χ4n) is 1.80. The first-order chi connectivity index (χ1) is 5.72. The molecular weight excluding hydrogens is 152 g/mol. The van der Waals surface area contributed by atoms with Gasteiger partial charge in [-0.25, -0.2) is 0 Å². The zero-order valence-electron chi connectivity index (χ0n) is 8.25. The molecule has 0 spiro atoms. The minimum atomic E-state index is 0.401. The minimum absolute atomic E-state index is 0.401. The van der Waals surface area contributed by atoms with Gasteiger partial charge in [-0.2, -0.15) is 0 Å². The van der Waals surface area contributed by atoms with E-state index in [1.165, 1.54) is 13.0 Å². The average Bonchev–Trinajstić information content (AvgIpc) is 1.99. The van der Waals surface area contributed by atoms with E-state index in [4.69, 9.17) is 4.74 Å². The lowest BCUT2D eigenvalue weighted by molar-refractivity contribution is -0.368. The van der Waals surface area contributed by atoms with Gasteiger partial charge in [0.15, 0.2) is 0 Å². The summed E-state index contributed by atoms with van der Waals surface area (Å²) in [5, 5.41) is 0. The van der Waals surface area contributed by atoms with Crippen LogP contribution in [-0.4, -0.2) is 43.3 Å². The van der Waals surface area contributed by atoms with Gasteiger partial charge in [0.25, 0.3) is 0 Å². The van der Waals surface area contributed by atoms with E-state index in [0.717, 1.165) is 19.6 Å². The number of nitrogens with zero attached hydrogens (tertiary/aromatic N) is 1. The monoisotopic (exact) mass is 173 g/mol. The first kappa shape index (κ1) is 9.96. The normalized spacial score (nSPS) is 32.2. The van der Waals surface area contributed by atoms with Crippen LogP contribution in [0.3, 0.4) is 0 Å². The Kier molecular flexibility index (Phi) is 3.98. The first-order valence-corrected chi connectivity index (χ1v) is 4.89. The summed E-state index contributed by atoms with van der Waals surface area (Å²) < 4.78 is 5.64. The van der Waals surface area contributed by atoms with Gasteiger partial charge in [0.1, 0.15) is 0 Å². The highest BCUT2D eigenvalue weighted by Gasteiger charge is 2.21. The van der Waals surface area contributed by atoms with Crippen molar-refractivity contribution in [3.05, 3.63) is 0 Å². The quantitative estimate of drug-likeness (QED) is 0.638. The van der Waals surface area contributed by atoms with Gasteiger partial charge in [0.2, 0.25) is 0 Å². The molecular formula is C9H21N2O+. The van der Waals surface area contributed by atoms with Crippen LogP contribution < -0.4 is 5.73 Å². The van der Waals surface area contributed by atoms with Crippen molar-refractivity contribution in [2.24, 2.45) is 0 Å². The van der Waals surface area contributed by atoms with Gasteiger partial charge < -0.3 is 10.5 Å². The SMILES string of the molecule is C[C@@H]1CN(CCC[NH3+])C[C@H](C)O1. The highest BCUT2D eigenvalue weighted by Crippen LogP contribution is 2.10. The molecule has 1 aliphatic heterocycles. The molecule has 2 atom stereocenters. The molecule has 0 saturated carbocycles. The summed E-state index contributed by atoms with van der Waals surface area (Å²) in [4.78, 5) is 2.48. The van der Waals surface area contributed by atoms with E-state index in [2.05, 4.69) is 24.5 Å². The molecule has 0 unspecified atom stereocenters. The smallest absolute Gasteiger partial charge is 0.0752 e. The third kappa shape index (κ3) is 3.09. The van der Waals surface area contributed by atoms with Gasteiger partial charge >= 0.3 is 0 Å². The number of ether oxygens (including phenoxy) is 1. The Bertz CT molecular complexity index is 120. The zero-order valence-corrected chi connectivity index (χ0v) is 8.25. The lowest BCUT2D eigenvalue weighted by Gasteiger charge is -2.35. The first-order valence-electron chi connectivity index (χ1n) is 4.89. The largest absolute Gasteiger partial charge is 0.373 e. The summed E-state index contributed by atoms with van der Waals surface area (Å²) in [6.45, 7) is 8.69. The summed E-state index contributed by atoms with van der Waals surface area (Å²) in [6, 6.07) is 0. The molecule has 1 heterocycles. The Morgan fingerprint density at radius 2 is 1.92 bits per heavy atom. The summed E-state index contributed by atoms with van der Waals surface area (Å²) in [5.74, 6) is 0. The summed E-state index contributed by atoms with van der Waals surface area (Å²) in [7, 11) is 0. The Balaban J connectivity index is 2.24. The highest BCUT2D eigenvalue weighted by atomic mass is 16.5. The fourth-order valence-corrected chi connectivity index (χ4v) is 1.80. The topological polar surface area (TPSA) is 40.1 Å². The Hall–Kier alpha value is -0.120. The molecule has 1 aliphatic rings. The van der Waals surface area contributed by atoms with Crippen molar-refractivity contribution < 1.29 is 10.5 Å². The maximum absolute atomic E-state index is 5.64. The van der Waals surface area contributed by atoms with E-state index in [1.54, 1.807) is 0 Å². The summed E-state index contributed by atoms with van der Waals surface area (Å²) in [6.07, 6.45) is 2.01. The fraction of sp³-hybridized carbons (Fsp3) is 1.00. The van der Waals surface area contributed by atoms with E-state index < -0.39 is 0 Å². The standard InChI is InChI=1S/C9H20N2O/c1-8-6-11(5-3-4-10)7-9(2)12-8/h8-9H,3-7,10H2,1-2H3/p+1/t8-,9+. The molecule has 3 heteroatoms. The van der Waals surface area contributed by atoms with Crippen molar-refractivity contribution >= 4 is 0 Å². The predicted octanol–water partition coefficient (Wildman–Crippen LogP) is -0.272. The molecule has 0 aromatic heterocycles. The van der Waals surface area contributed by atoms with E-state index >= 15 is 0 Å². The molecule has 0 bridgehead atoms. The minimum Gasteiger partial charge on any atom is -0.373 e. The molecule has 12 heavy (non-hydrogen) atoms. The molecule has 0 aromatic carbocycles. The molecule has 0 amide bonds. The van der Waals surface area contributed by atoms with Gasteiger partial charge in [-0.15, -0.1) is 0 Å². The van der Waals surface area contributed by atoms with Crippen LogP contribution in [0, 0.1) is 0 Å². The van der Waals surface area contributed by atoms with E-state index in [-0.39, 0.29) is 0 Å². The van der Waals surface area contributed by atoms with Crippen LogP contribution in [0.25, 0.3) is 0 Å². The molecule has 3 nitrogen and oxygen atoms in total. The maximum Gasteiger partial charge on any atom is 0.0752 e. The van der Waals surface area contributed by atoms with Crippen LogP contribution in [0.1, 0.15) is 20.3 Å². The van der Waals surface area contributed by atoms with Crippen LogP contribution in [0.4, 0.5) is 0 Å². The van der Waals surface area contributed by atoms with Gasteiger partial charge in [-0.05, 0) is 13.8 Å². The molecule has 1 saturated heterocycles. The van der Waals surface area contributed by atoms with E-state index in [0.29, 0.717) is 12.2 Å². The lowest BCUT2D eigenvalue weighted by atomic mass is 10.2. The molecule has 1 rings (SSSR count). The number of rotatable bonds is 3. The number of hydrogen-bond acceptors (Lipinski definition) is 2. The second-order valence-corrected chi connectivity index (χ2v) is 3.72. The number of morpholine rings is 1. The van der Waals surface area contributed by atoms with Gasteiger partial charge in [0, 0.05) is 26.1 Å². The second-order valence-electron chi connectivity index (χ2n) is 3.72. The van der Waals surface area contributed by atoms with Crippen LogP contribution >= 0.6 is 0 Å². The van der Waals surface area contributed by atoms with Crippen LogP contribution in [0.15, 0.2) is 0 Å². The van der Waals surface area contributed by atoms with Crippen molar-refractivity contribution in [1.82, 2.24) is 4.90 Å². The Morgan fingerprint density at radius 1 is 1.33 bits per heavy atom. The average molecular weight is 173 g/mol. The van der Waals surface area contributed by atoms with Crippen molar-refractivity contribution in [1.29, 1.82) is 0 Å².